The van der Waals surface area contributed by atoms with Crippen LogP contribution in [0.15, 0.2) is 60.8 Å². The molecule has 2 heterocycles. The number of halogens is 2. The molecule has 1 N–H and O–H groups in total. The van der Waals surface area contributed by atoms with Gasteiger partial charge in [-0.2, -0.15) is 0 Å². The van der Waals surface area contributed by atoms with Gasteiger partial charge < -0.3 is 10.2 Å². The highest BCUT2D eigenvalue weighted by atomic mass is 19.2. The number of amides is 1. The molecule has 0 spiro atoms. The number of hydrogen-bond donors (Lipinski definition) is 1. The van der Waals surface area contributed by atoms with E-state index in [0.29, 0.717) is 17.1 Å². The third kappa shape index (κ3) is 3.26. The summed E-state index contributed by atoms with van der Waals surface area (Å²) in [7, 11) is 0. The number of hydrogen-bond acceptors (Lipinski definition) is 3. The molecule has 4 rings (SSSR count). The van der Waals surface area contributed by atoms with Crippen LogP contribution in [-0.2, 0) is 6.42 Å². The van der Waals surface area contributed by atoms with Crippen molar-refractivity contribution in [3.8, 4) is 0 Å². The van der Waals surface area contributed by atoms with Crippen molar-refractivity contribution in [3.63, 3.8) is 0 Å². The molecule has 0 radical (unpaired) electrons. The van der Waals surface area contributed by atoms with Gasteiger partial charge in [-0.05, 0) is 49.2 Å². The van der Waals surface area contributed by atoms with E-state index >= 15 is 0 Å². The monoisotopic (exact) mass is 365 g/mol. The lowest BCUT2D eigenvalue weighted by Crippen LogP contribution is -2.35. The van der Waals surface area contributed by atoms with Gasteiger partial charge in [-0.25, -0.2) is 13.8 Å². The molecule has 0 aliphatic carbocycles. The fourth-order valence-electron chi connectivity index (χ4n) is 3.33. The average molecular weight is 365 g/mol. The number of para-hydroxylation sites is 1. The summed E-state index contributed by atoms with van der Waals surface area (Å²) in [6, 6.07) is 14.8. The summed E-state index contributed by atoms with van der Waals surface area (Å²) in [5, 5.41) is 2.89. The molecule has 1 amide bonds. The van der Waals surface area contributed by atoms with Gasteiger partial charge >= 0.3 is 0 Å². The summed E-state index contributed by atoms with van der Waals surface area (Å²) in [5.74, 6) is -1.52. The molecule has 1 atom stereocenters. The van der Waals surface area contributed by atoms with Gasteiger partial charge in [-0.3, -0.25) is 4.79 Å². The summed E-state index contributed by atoms with van der Waals surface area (Å²) in [6.07, 6.45) is 2.31. The second-order valence-electron chi connectivity index (χ2n) is 6.54. The maximum absolute atomic E-state index is 13.3. The van der Waals surface area contributed by atoms with Crippen LogP contribution in [0.3, 0.4) is 0 Å². The number of benzene rings is 2. The van der Waals surface area contributed by atoms with Gasteiger partial charge in [0.05, 0.1) is 5.56 Å². The number of aromatic nitrogens is 1. The van der Waals surface area contributed by atoms with Crippen molar-refractivity contribution < 1.29 is 13.6 Å². The average Bonchev–Trinajstić information content (AvgIpc) is 3.00. The van der Waals surface area contributed by atoms with Crippen molar-refractivity contribution in [2.24, 2.45) is 0 Å². The Labute approximate surface area is 155 Å². The normalized spacial score (nSPS) is 15.5. The minimum absolute atomic E-state index is 0.0786. The van der Waals surface area contributed by atoms with Crippen molar-refractivity contribution >= 4 is 23.1 Å². The van der Waals surface area contributed by atoms with E-state index in [1.54, 1.807) is 17.0 Å². The van der Waals surface area contributed by atoms with Crippen LogP contribution in [0.5, 0.6) is 0 Å². The van der Waals surface area contributed by atoms with Crippen LogP contribution in [0.2, 0.25) is 0 Å². The van der Waals surface area contributed by atoms with E-state index in [0.717, 1.165) is 29.8 Å². The van der Waals surface area contributed by atoms with Crippen molar-refractivity contribution in [2.45, 2.75) is 19.4 Å². The van der Waals surface area contributed by atoms with Gasteiger partial charge in [0.25, 0.3) is 5.91 Å². The molecular formula is C21H17F2N3O. The summed E-state index contributed by atoms with van der Waals surface area (Å²) in [6.45, 7) is 2.02. The number of pyridine rings is 1. The number of anilines is 3. The molecule has 0 bridgehead atoms. The number of carbonyl (C=O) groups is 1. The zero-order valence-electron chi connectivity index (χ0n) is 14.6. The van der Waals surface area contributed by atoms with E-state index in [-0.39, 0.29) is 11.9 Å². The molecule has 1 aliphatic rings. The van der Waals surface area contributed by atoms with Gasteiger partial charge in [0, 0.05) is 29.7 Å². The summed E-state index contributed by atoms with van der Waals surface area (Å²) >= 11 is 0. The Hall–Kier alpha value is -3.28. The van der Waals surface area contributed by atoms with E-state index in [1.807, 2.05) is 31.2 Å². The maximum atomic E-state index is 13.3. The highest BCUT2D eigenvalue weighted by Gasteiger charge is 2.31. The third-order valence-electron chi connectivity index (χ3n) is 4.63. The van der Waals surface area contributed by atoms with E-state index in [9.17, 15) is 13.6 Å². The van der Waals surface area contributed by atoms with E-state index in [2.05, 4.69) is 10.3 Å². The van der Waals surface area contributed by atoms with Crippen LogP contribution >= 0.6 is 0 Å². The Balaban J connectivity index is 1.54. The van der Waals surface area contributed by atoms with Gasteiger partial charge in [0.2, 0.25) is 0 Å². The Morgan fingerprint density at radius 1 is 1.11 bits per heavy atom. The Bertz CT molecular complexity index is 1000. The molecular weight excluding hydrogens is 348 g/mol. The molecule has 0 saturated heterocycles. The number of nitrogens with zero attached hydrogens (tertiary/aromatic N) is 2. The third-order valence-corrected chi connectivity index (χ3v) is 4.63. The minimum atomic E-state index is -0.937. The predicted octanol–water partition coefficient (Wildman–Crippen LogP) is 4.69. The molecule has 2 aromatic carbocycles. The Kier molecular flexibility index (Phi) is 4.32. The molecule has 136 valence electrons. The van der Waals surface area contributed by atoms with Gasteiger partial charge in [-0.15, -0.1) is 0 Å². The van der Waals surface area contributed by atoms with Gasteiger partial charge in [-0.1, -0.05) is 18.2 Å². The van der Waals surface area contributed by atoms with Crippen molar-refractivity contribution in [1.82, 2.24) is 4.98 Å². The second kappa shape index (κ2) is 6.79. The lowest BCUT2D eigenvalue weighted by molar-refractivity contribution is 0.0981. The van der Waals surface area contributed by atoms with Gasteiger partial charge in [0.15, 0.2) is 11.6 Å². The predicted molar refractivity (Wildman–Crippen MR) is 100 cm³/mol. The second-order valence-corrected chi connectivity index (χ2v) is 6.54. The first-order valence-electron chi connectivity index (χ1n) is 8.62. The SMILES string of the molecule is CC1Cc2ccccc2N1C(=O)c1ccc(Nc2ccc(F)c(F)c2)nc1. The zero-order chi connectivity index (χ0) is 19.0. The fraction of sp³-hybridized carbons (Fsp3) is 0.143. The lowest BCUT2D eigenvalue weighted by atomic mass is 10.1. The van der Waals surface area contributed by atoms with Crippen molar-refractivity contribution in [1.29, 1.82) is 0 Å². The number of fused-ring (bicyclic) bond motifs is 1. The summed E-state index contributed by atoms with van der Waals surface area (Å²) < 4.78 is 26.3. The molecule has 27 heavy (non-hydrogen) atoms. The largest absolute Gasteiger partial charge is 0.340 e. The lowest BCUT2D eigenvalue weighted by Gasteiger charge is -2.22. The first-order valence-corrected chi connectivity index (χ1v) is 8.62. The topological polar surface area (TPSA) is 45.2 Å². The molecule has 6 heteroatoms. The zero-order valence-corrected chi connectivity index (χ0v) is 14.6. The number of nitrogens with one attached hydrogen (secondary N) is 1. The summed E-state index contributed by atoms with van der Waals surface area (Å²) in [5.41, 5.74) is 2.93. The molecule has 3 aromatic rings. The van der Waals surface area contributed by atoms with Crippen LogP contribution in [0.1, 0.15) is 22.8 Å². The molecule has 1 unspecified atom stereocenters. The molecule has 4 nitrogen and oxygen atoms in total. The molecule has 0 saturated carbocycles. The van der Waals surface area contributed by atoms with Crippen LogP contribution in [-0.4, -0.2) is 16.9 Å². The van der Waals surface area contributed by atoms with Crippen LogP contribution < -0.4 is 10.2 Å². The smallest absolute Gasteiger partial charge is 0.260 e. The first-order chi connectivity index (χ1) is 13.0. The quantitative estimate of drug-likeness (QED) is 0.732. The number of rotatable bonds is 3. The van der Waals surface area contributed by atoms with Crippen LogP contribution in [0.4, 0.5) is 26.0 Å². The van der Waals surface area contributed by atoms with Crippen molar-refractivity contribution in [3.05, 3.63) is 83.6 Å². The molecule has 1 aliphatic heterocycles. The summed E-state index contributed by atoms with van der Waals surface area (Å²) in [4.78, 5) is 19.0. The van der Waals surface area contributed by atoms with E-state index in [1.165, 1.54) is 12.3 Å². The standard InChI is InChI=1S/C21H17F2N3O/c1-13-10-14-4-2-3-5-19(14)26(13)21(27)15-6-9-20(24-12-15)25-16-7-8-17(22)18(23)11-16/h2-9,11-13H,10H2,1H3,(H,24,25). The van der Waals surface area contributed by atoms with Crippen LogP contribution in [0.25, 0.3) is 0 Å². The molecule has 0 fully saturated rings. The highest BCUT2D eigenvalue weighted by Crippen LogP contribution is 2.33. The van der Waals surface area contributed by atoms with E-state index in [4.69, 9.17) is 0 Å². The maximum Gasteiger partial charge on any atom is 0.260 e. The molecule has 1 aromatic heterocycles. The minimum Gasteiger partial charge on any atom is -0.340 e. The van der Waals surface area contributed by atoms with E-state index < -0.39 is 11.6 Å². The van der Waals surface area contributed by atoms with Gasteiger partial charge in [0.1, 0.15) is 5.82 Å². The van der Waals surface area contributed by atoms with Crippen LogP contribution in [0, 0.1) is 11.6 Å². The van der Waals surface area contributed by atoms with Crippen molar-refractivity contribution in [2.75, 3.05) is 10.2 Å². The fourth-order valence-corrected chi connectivity index (χ4v) is 3.33. The Morgan fingerprint density at radius 2 is 1.93 bits per heavy atom. The number of carbonyl (C=O) groups excluding carboxylic acids is 1. The highest BCUT2D eigenvalue weighted by molar-refractivity contribution is 6.07. The first kappa shape index (κ1) is 17.1. The Morgan fingerprint density at radius 3 is 2.67 bits per heavy atom.